The Kier molecular flexibility index (Phi) is 3.26. The summed E-state index contributed by atoms with van der Waals surface area (Å²) in [7, 11) is 0. The van der Waals surface area contributed by atoms with Crippen molar-refractivity contribution in [2.45, 2.75) is 0 Å². The molecule has 0 aromatic heterocycles. The maximum atomic E-state index is 5.64. The largest absolute Gasteiger partial charge is 0.487 e. The Morgan fingerprint density at radius 3 is 2.80 bits per heavy atom. The number of hydrogen-bond acceptors (Lipinski definition) is 5. The molecule has 82 valence electrons. The first-order chi connectivity index (χ1) is 7.36. The average Bonchev–Trinajstić information content (AvgIpc) is 2.25. The van der Waals surface area contributed by atoms with E-state index in [2.05, 4.69) is 0 Å². The van der Waals surface area contributed by atoms with Crippen LogP contribution in [0.4, 0.5) is 5.69 Å². The second-order valence-corrected chi connectivity index (χ2v) is 3.05. The van der Waals surface area contributed by atoms with Crippen LogP contribution in [-0.4, -0.2) is 26.8 Å². The van der Waals surface area contributed by atoms with Crippen LogP contribution in [-0.2, 0) is 9.47 Å². The van der Waals surface area contributed by atoms with Crippen molar-refractivity contribution in [2.75, 3.05) is 32.5 Å². The van der Waals surface area contributed by atoms with Crippen LogP contribution in [0, 0.1) is 0 Å². The molecule has 1 aromatic rings. The van der Waals surface area contributed by atoms with Gasteiger partial charge in [-0.1, -0.05) is 0 Å². The van der Waals surface area contributed by atoms with Gasteiger partial charge in [-0.15, -0.1) is 0 Å². The molecule has 1 heterocycles. The molecular weight excluding hydrogens is 198 g/mol. The van der Waals surface area contributed by atoms with E-state index in [9.17, 15) is 0 Å². The van der Waals surface area contributed by atoms with Crippen molar-refractivity contribution < 1.29 is 18.9 Å². The first-order valence-corrected chi connectivity index (χ1v) is 4.67. The molecule has 5 nitrogen and oxygen atoms in total. The minimum absolute atomic E-state index is 0.125. The number of anilines is 1. The van der Waals surface area contributed by atoms with Crippen molar-refractivity contribution in [1.29, 1.82) is 0 Å². The van der Waals surface area contributed by atoms with Gasteiger partial charge in [0.15, 0.2) is 25.1 Å². The number of rotatable bonds is 0. The average molecular weight is 211 g/mol. The van der Waals surface area contributed by atoms with Crippen molar-refractivity contribution in [1.82, 2.24) is 0 Å². The summed E-state index contributed by atoms with van der Waals surface area (Å²) in [5, 5.41) is 0. The van der Waals surface area contributed by atoms with E-state index in [0.717, 1.165) is 0 Å². The second-order valence-electron chi connectivity index (χ2n) is 3.05. The number of nitrogen functional groups attached to an aromatic ring is 1. The third-order valence-corrected chi connectivity index (χ3v) is 1.92. The zero-order chi connectivity index (χ0) is 10.5. The molecule has 0 atom stereocenters. The first kappa shape index (κ1) is 10.1. The normalized spacial score (nSPS) is 17.1. The lowest BCUT2D eigenvalue weighted by Crippen LogP contribution is -2.14. The van der Waals surface area contributed by atoms with Gasteiger partial charge in [0.2, 0.25) is 0 Å². The molecule has 1 aliphatic rings. The van der Waals surface area contributed by atoms with Gasteiger partial charge in [-0.25, -0.2) is 0 Å². The zero-order valence-corrected chi connectivity index (χ0v) is 8.27. The third-order valence-electron chi connectivity index (χ3n) is 1.92. The van der Waals surface area contributed by atoms with Gasteiger partial charge in [-0.2, -0.15) is 0 Å². The fourth-order valence-electron chi connectivity index (χ4n) is 1.22. The summed E-state index contributed by atoms with van der Waals surface area (Å²) < 4.78 is 21.0. The highest BCUT2D eigenvalue weighted by Gasteiger charge is 2.07. The predicted molar refractivity (Wildman–Crippen MR) is 53.7 cm³/mol. The van der Waals surface area contributed by atoms with Crippen LogP contribution in [0.25, 0.3) is 0 Å². The van der Waals surface area contributed by atoms with Crippen LogP contribution in [0.2, 0.25) is 0 Å². The van der Waals surface area contributed by atoms with E-state index in [-0.39, 0.29) is 13.6 Å². The molecular formula is C10H13NO4. The molecule has 0 saturated carbocycles. The van der Waals surface area contributed by atoms with Crippen LogP contribution in [0.15, 0.2) is 18.2 Å². The lowest BCUT2D eigenvalue weighted by atomic mass is 10.3. The number of ether oxygens (including phenoxy) is 4. The minimum atomic E-state index is 0.125. The summed E-state index contributed by atoms with van der Waals surface area (Å²) in [5.41, 5.74) is 6.27. The third kappa shape index (κ3) is 2.74. The molecule has 15 heavy (non-hydrogen) atoms. The summed E-state index contributed by atoms with van der Waals surface area (Å²) in [5.74, 6) is 1.25. The summed E-state index contributed by atoms with van der Waals surface area (Å²) in [4.78, 5) is 0. The van der Waals surface area contributed by atoms with Gasteiger partial charge in [0, 0.05) is 11.8 Å². The summed E-state index contributed by atoms with van der Waals surface area (Å²) in [6.45, 7) is 1.29. The summed E-state index contributed by atoms with van der Waals surface area (Å²) in [6, 6.07) is 5.24. The molecule has 0 radical (unpaired) electrons. The van der Waals surface area contributed by atoms with Crippen LogP contribution in [0.3, 0.4) is 0 Å². The molecule has 2 rings (SSSR count). The molecule has 2 N–H and O–H groups in total. The van der Waals surface area contributed by atoms with Gasteiger partial charge in [0.25, 0.3) is 0 Å². The molecule has 0 fully saturated rings. The molecule has 0 aliphatic carbocycles. The Labute approximate surface area is 87.7 Å². The van der Waals surface area contributed by atoms with Gasteiger partial charge in [-0.05, 0) is 12.1 Å². The predicted octanol–water partition coefficient (Wildman–Crippen LogP) is 0.988. The number of nitrogens with two attached hydrogens (primary N) is 1. The molecule has 5 heteroatoms. The number of fused-ring (bicyclic) bond motifs is 1. The first-order valence-electron chi connectivity index (χ1n) is 4.67. The summed E-state index contributed by atoms with van der Waals surface area (Å²) in [6.07, 6.45) is 0. The highest BCUT2D eigenvalue weighted by atomic mass is 16.7. The van der Waals surface area contributed by atoms with Crippen molar-refractivity contribution in [3.8, 4) is 11.5 Å². The molecule has 0 amide bonds. The van der Waals surface area contributed by atoms with Crippen molar-refractivity contribution in [2.24, 2.45) is 0 Å². The fourth-order valence-corrected chi connectivity index (χ4v) is 1.22. The maximum absolute atomic E-state index is 5.64. The molecule has 1 aromatic carbocycles. The van der Waals surface area contributed by atoms with Crippen molar-refractivity contribution in [3.05, 3.63) is 18.2 Å². The second kappa shape index (κ2) is 4.86. The van der Waals surface area contributed by atoms with Gasteiger partial charge >= 0.3 is 0 Å². The standard InChI is InChI=1S/C10H13NO4/c11-8-1-2-9-10(5-8)15-7-13-6-12-3-4-14-9/h1-2,5H,3-4,6-7,11H2. The van der Waals surface area contributed by atoms with E-state index in [0.29, 0.717) is 30.4 Å². The maximum Gasteiger partial charge on any atom is 0.191 e. The Hall–Kier alpha value is -1.46. The fraction of sp³-hybridized carbons (Fsp3) is 0.400. The van der Waals surface area contributed by atoms with E-state index in [4.69, 9.17) is 24.7 Å². The van der Waals surface area contributed by atoms with Crippen molar-refractivity contribution in [3.63, 3.8) is 0 Å². The number of hydrogen-bond donors (Lipinski definition) is 1. The topological polar surface area (TPSA) is 62.9 Å². The number of benzene rings is 1. The van der Waals surface area contributed by atoms with E-state index in [1.54, 1.807) is 18.2 Å². The van der Waals surface area contributed by atoms with Crippen LogP contribution in [0.1, 0.15) is 0 Å². The Bertz CT molecular complexity index is 329. The van der Waals surface area contributed by atoms with Gasteiger partial charge in [0.05, 0.1) is 6.61 Å². The lowest BCUT2D eigenvalue weighted by molar-refractivity contribution is -0.107. The van der Waals surface area contributed by atoms with Crippen molar-refractivity contribution >= 4 is 5.69 Å². The van der Waals surface area contributed by atoms with E-state index in [1.165, 1.54) is 0 Å². The minimum Gasteiger partial charge on any atom is -0.487 e. The van der Waals surface area contributed by atoms with E-state index in [1.807, 2.05) is 0 Å². The molecule has 0 bridgehead atoms. The molecule has 0 unspecified atom stereocenters. The van der Waals surface area contributed by atoms with Gasteiger partial charge < -0.3 is 24.7 Å². The van der Waals surface area contributed by atoms with E-state index >= 15 is 0 Å². The van der Waals surface area contributed by atoms with Gasteiger partial charge in [-0.3, -0.25) is 0 Å². The Morgan fingerprint density at radius 2 is 1.87 bits per heavy atom. The van der Waals surface area contributed by atoms with Crippen LogP contribution >= 0.6 is 0 Å². The monoisotopic (exact) mass is 211 g/mol. The van der Waals surface area contributed by atoms with Crippen LogP contribution < -0.4 is 15.2 Å². The van der Waals surface area contributed by atoms with Crippen LogP contribution in [0.5, 0.6) is 11.5 Å². The Morgan fingerprint density at radius 1 is 0.933 bits per heavy atom. The molecule has 0 saturated heterocycles. The molecule has 0 spiro atoms. The van der Waals surface area contributed by atoms with Gasteiger partial charge in [0.1, 0.15) is 6.61 Å². The van der Waals surface area contributed by atoms with E-state index < -0.39 is 0 Å². The highest BCUT2D eigenvalue weighted by molar-refractivity contribution is 5.51. The molecule has 1 aliphatic heterocycles. The Balaban J connectivity index is 2.15. The lowest BCUT2D eigenvalue weighted by Gasteiger charge is -2.15. The quantitative estimate of drug-likeness (QED) is 0.648. The SMILES string of the molecule is Nc1ccc2c(c1)OCOCOCCO2. The zero-order valence-electron chi connectivity index (χ0n) is 8.27. The summed E-state index contributed by atoms with van der Waals surface area (Å²) >= 11 is 0. The highest BCUT2D eigenvalue weighted by Crippen LogP contribution is 2.29. The smallest absolute Gasteiger partial charge is 0.191 e.